The molecule has 0 bridgehead atoms. The molecular weight excluding hydrogens is 242 g/mol. The Morgan fingerprint density at radius 2 is 2.11 bits per heavy atom. The number of hydrogen-bond acceptors (Lipinski definition) is 4. The van der Waals surface area contributed by atoms with Gasteiger partial charge >= 0.3 is 0 Å². The van der Waals surface area contributed by atoms with Crippen molar-refractivity contribution >= 4 is 11.4 Å². The summed E-state index contributed by atoms with van der Waals surface area (Å²) in [4.78, 5) is 13.1. The van der Waals surface area contributed by atoms with Crippen LogP contribution in [0.4, 0.5) is 11.4 Å². The van der Waals surface area contributed by atoms with Gasteiger partial charge in [0.2, 0.25) is 0 Å². The van der Waals surface area contributed by atoms with E-state index in [1.54, 1.807) is 12.1 Å². The number of rotatable bonds is 6. The van der Waals surface area contributed by atoms with Crippen molar-refractivity contribution in [3.05, 3.63) is 33.9 Å². The minimum Gasteiger partial charge on any atom is -0.379 e. The third kappa shape index (κ3) is 3.92. The highest BCUT2D eigenvalue weighted by atomic mass is 16.6. The molecule has 0 aliphatic carbocycles. The molecule has 1 aromatic rings. The van der Waals surface area contributed by atoms with Crippen LogP contribution in [0.1, 0.15) is 24.8 Å². The summed E-state index contributed by atoms with van der Waals surface area (Å²) in [6.45, 7) is 6.20. The van der Waals surface area contributed by atoms with Gasteiger partial charge in [-0.1, -0.05) is 6.07 Å². The lowest BCUT2D eigenvalue weighted by atomic mass is 10.2. The zero-order valence-electron chi connectivity index (χ0n) is 11.4. The molecule has 0 unspecified atom stereocenters. The Hall–Kier alpha value is -1.62. The quantitative estimate of drug-likeness (QED) is 0.487. The van der Waals surface area contributed by atoms with Crippen LogP contribution in [0.3, 0.4) is 0 Å². The number of hydrogen-bond donors (Lipinski definition) is 1. The van der Waals surface area contributed by atoms with E-state index in [1.807, 2.05) is 13.0 Å². The number of anilines is 1. The molecule has 0 aromatic heterocycles. The second kappa shape index (κ2) is 6.52. The Bertz CT molecular complexity index is 442. The number of aryl methyl sites for hydroxylation is 1. The molecule has 1 aliphatic heterocycles. The lowest BCUT2D eigenvalue weighted by Gasteiger charge is -2.14. The van der Waals surface area contributed by atoms with Gasteiger partial charge in [0.25, 0.3) is 5.69 Å². The summed E-state index contributed by atoms with van der Waals surface area (Å²) in [7, 11) is 0. The van der Waals surface area contributed by atoms with Crippen molar-refractivity contribution in [2.24, 2.45) is 0 Å². The Morgan fingerprint density at radius 1 is 1.37 bits per heavy atom. The van der Waals surface area contributed by atoms with E-state index >= 15 is 0 Å². The maximum Gasteiger partial charge on any atom is 0.292 e. The molecule has 5 nitrogen and oxygen atoms in total. The van der Waals surface area contributed by atoms with Crippen molar-refractivity contribution in [3.63, 3.8) is 0 Å². The van der Waals surface area contributed by atoms with Gasteiger partial charge in [-0.05, 0) is 57.5 Å². The first-order chi connectivity index (χ1) is 9.16. The largest absolute Gasteiger partial charge is 0.379 e. The molecule has 0 amide bonds. The van der Waals surface area contributed by atoms with Gasteiger partial charge in [-0.15, -0.1) is 0 Å². The van der Waals surface area contributed by atoms with Crippen molar-refractivity contribution in [3.8, 4) is 0 Å². The van der Waals surface area contributed by atoms with E-state index in [1.165, 1.54) is 25.9 Å². The van der Waals surface area contributed by atoms with Crippen molar-refractivity contribution < 1.29 is 4.92 Å². The molecule has 1 saturated heterocycles. The fourth-order valence-corrected chi connectivity index (χ4v) is 2.48. The molecule has 1 aromatic carbocycles. The fourth-order valence-electron chi connectivity index (χ4n) is 2.48. The first kappa shape index (κ1) is 13.8. The fraction of sp³-hybridized carbons (Fsp3) is 0.571. The SMILES string of the molecule is Cc1ccc([N+](=O)[O-])c(NCCCN2CCCC2)c1. The summed E-state index contributed by atoms with van der Waals surface area (Å²) < 4.78 is 0. The van der Waals surface area contributed by atoms with Gasteiger partial charge in [0.15, 0.2) is 0 Å². The summed E-state index contributed by atoms with van der Waals surface area (Å²) in [6.07, 6.45) is 3.62. The number of nitrogens with zero attached hydrogens (tertiary/aromatic N) is 2. The van der Waals surface area contributed by atoms with E-state index in [0.29, 0.717) is 5.69 Å². The third-order valence-electron chi connectivity index (χ3n) is 3.51. The van der Waals surface area contributed by atoms with Crippen LogP contribution in [0.25, 0.3) is 0 Å². The predicted octanol–water partition coefficient (Wildman–Crippen LogP) is 2.80. The van der Waals surface area contributed by atoms with Crippen molar-refractivity contribution in [1.82, 2.24) is 4.90 Å². The highest BCUT2D eigenvalue weighted by Gasteiger charge is 2.13. The predicted molar refractivity (Wildman–Crippen MR) is 76.6 cm³/mol. The molecule has 2 rings (SSSR count). The zero-order valence-corrected chi connectivity index (χ0v) is 11.4. The summed E-state index contributed by atoms with van der Waals surface area (Å²) in [6, 6.07) is 5.18. The normalized spacial score (nSPS) is 15.6. The van der Waals surface area contributed by atoms with Crippen LogP contribution in [-0.2, 0) is 0 Å². The number of likely N-dealkylation sites (tertiary alicyclic amines) is 1. The Balaban J connectivity index is 1.84. The molecule has 1 fully saturated rings. The van der Waals surface area contributed by atoms with E-state index < -0.39 is 0 Å². The second-order valence-electron chi connectivity index (χ2n) is 5.11. The van der Waals surface area contributed by atoms with Gasteiger partial charge in [-0.2, -0.15) is 0 Å². The number of benzene rings is 1. The van der Waals surface area contributed by atoms with Gasteiger partial charge < -0.3 is 10.2 Å². The standard InChI is InChI=1S/C14H21N3O2/c1-12-5-6-14(17(18)19)13(11-12)15-7-4-10-16-8-2-3-9-16/h5-6,11,15H,2-4,7-10H2,1H3. The summed E-state index contributed by atoms with van der Waals surface area (Å²) in [5.41, 5.74) is 1.82. The molecule has 5 heteroatoms. The molecule has 0 atom stereocenters. The van der Waals surface area contributed by atoms with Crippen LogP contribution in [0.2, 0.25) is 0 Å². The maximum atomic E-state index is 10.9. The minimum absolute atomic E-state index is 0.159. The Morgan fingerprint density at radius 3 is 2.79 bits per heavy atom. The molecule has 1 aliphatic rings. The first-order valence-corrected chi connectivity index (χ1v) is 6.88. The maximum absolute atomic E-state index is 10.9. The number of nitro groups is 1. The lowest BCUT2D eigenvalue weighted by Crippen LogP contribution is -2.22. The van der Waals surface area contributed by atoms with Crippen molar-refractivity contribution in [1.29, 1.82) is 0 Å². The van der Waals surface area contributed by atoms with Crippen LogP contribution >= 0.6 is 0 Å². The van der Waals surface area contributed by atoms with Gasteiger partial charge in [0.1, 0.15) is 5.69 Å². The van der Waals surface area contributed by atoms with E-state index in [9.17, 15) is 10.1 Å². The minimum atomic E-state index is -0.331. The number of nitrogens with one attached hydrogen (secondary N) is 1. The molecule has 19 heavy (non-hydrogen) atoms. The van der Waals surface area contributed by atoms with Crippen molar-refractivity contribution in [2.45, 2.75) is 26.2 Å². The highest BCUT2D eigenvalue weighted by Crippen LogP contribution is 2.25. The topological polar surface area (TPSA) is 58.4 Å². The third-order valence-corrected chi connectivity index (χ3v) is 3.51. The monoisotopic (exact) mass is 263 g/mol. The molecular formula is C14H21N3O2. The smallest absolute Gasteiger partial charge is 0.292 e. The van der Waals surface area contributed by atoms with E-state index in [2.05, 4.69) is 10.2 Å². The van der Waals surface area contributed by atoms with Crippen LogP contribution in [0.15, 0.2) is 18.2 Å². The molecule has 104 valence electrons. The van der Waals surface area contributed by atoms with Crippen LogP contribution in [0, 0.1) is 17.0 Å². The van der Waals surface area contributed by atoms with Gasteiger partial charge in [-0.3, -0.25) is 10.1 Å². The number of nitro benzene ring substituents is 1. The lowest BCUT2D eigenvalue weighted by molar-refractivity contribution is -0.384. The second-order valence-corrected chi connectivity index (χ2v) is 5.11. The van der Waals surface area contributed by atoms with Gasteiger partial charge in [0.05, 0.1) is 4.92 Å². The summed E-state index contributed by atoms with van der Waals surface area (Å²) in [5.74, 6) is 0. The summed E-state index contributed by atoms with van der Waals surface area (Å²) >= 11 is 0. The van der Waals surface area contributed by atoms with E-state index in [0.717, 1.165) is 25.1 Å². The van der Waals surface area contributed by atoms with Gasteiger partial charge in [0, 0.05) is 12.6 Å². The molecule has 0 saturated carbocycles. The van der Waals surface area contributed by atoms with Crippen LogP contribution in [-0.4, -0.2) is 36.0 Å². The van der Waals surface area contributed by atoms with Gasteiger partial charge in [-0.25, -0.2) is 0 Å². The zero-order chi connectivity index (χ0) is 13.7. The Kier molecular flexibility index (Phi) is 4.74. The van der Waals surface area contributed by atoms with Crippen LogP contribution < -0.4 is 5.32 Å². The first-order valence-electron chi connectivity index (χ1n) is 6.88. The Labute approximate surface area is 113 Å². The average molecular weight is 263 g/mol. The van der Waals surface area contributed by atoms with Crippen LogP contribution in [0.5, 0.6) is 0 Å². The van der Waals surface area contributed by atoms with E-state index in [-0.39, 0.29) is 10.6 Å². The molecule has 0 spiro atoms. The molecule has 1 heterocycles. The average Bonchev–Trinajstić information content (AvgIpc) is 2.87. The highest BCUT2D eigenvalue weighted by molar-refractivity contribution is 5.62. The molecule has 1 N–H and O–H groups in total. The molecule has 0 radical (unpaired) electrons. The van der Waals surface area contributed by atoms with Crippen molar-refractivity contribution in [2.75, 3.05) is 31.5 Å². The van der Waals surface area contributed by atoms with E-state index in [4.69, 9.17) is 0 Å². The summed E-state index contributed by atoms with van der Waals surface area (Å²) in [5, 5.41) is 14.1.